The highest BCUT2D eigenvalue weighted by molar-refractivity contribution is 9.10. The van der Waals surface area contributed by atoms with E-state index >= 15 is 0 Å². The van der Waals surface area contributed by atoms with Gasteiger partial charge in [0.15, 0.2) is 5.69 Å². The van der Waals surface area contributed by atoms with Gasteiger partial charge in [-0.25, -0.2) is 9.48 Å². The van der Waals surface area contributed by atoms with Gasteiger partial charge in [0, 0.05) is 20.7 Å². The maximum atomic E-state index is 11.5. The standard InChI is InChI=1S/C12H21BrN2O3Si/c1-5-18-12(16)10-8-11(13)15(14-10)9-17-6-7-19(2,3)4/h8H,5-7,9H2,1-4H3. The third-order valence-electron chi connectivity index (χ3n) is 2.43. The second-order valence-electron chi connectivity index (χ2n) is 5.42. The Morgan fingerprint density at radius 2 is 2.16 bits per heavy atom. The van der Waals surface area contributed by atoms with Crippen LogP contribution in [0.2, 0.25) is 25.7 Å². The SMILES string of the molecule is CCOC(=O)c1cc(Br)n(COCC[Si](C)(C)C)n1. The second kappa shape index (κ2) is 7.21. The van der Waals surface area contributed by atoms with Gasteiger partial charge in [-0.15, -0.1) is 0 Å². The van der Waals surface area contributed by atoms with Gasteiger partial charge in [0.25, 0.3) is 0 Å². The molecule has 0 aliphatic heterocycles. The third-order valence-corrected chi connectivity index (χ3v) is 4.77. The van der Waals surface area contributed by atoms with Crippen LogP contribution in [0.1, 0.15) is 17.4 Å². The van der Waals surface area contributed by atoms with E-state index in [9.17, 15) is 4.79 Å². The first-order valence-electron chi connectivity index (χ1n) is 6.31. The summed E-state index contributed by atoms with van der Waals surface area (Å²) in [5, 5.41) is 4.14. The molecule has 0 N–H and O–H groups in total. The molecule has 0 unspecified atom stereocenters. The molecule has 0 saturated heterocycles. The summed E-state index contributed by atoms with van der Waals surface area (Å²) in [6.07, 6.45) is 0. The molecular weight excluding hydrogens is 328 g/mol. The highest BCUT2D eigenvalue weighted by Gasteiger charge is 2.15. The molecule has 0 bridgehead atoms. The Kier molecular flexibility index (Phi) is 6.22. The second-order valence-corrected chi connectivity index (χ2v) is 11.9. The Hall–Kier alpha value is -0.663. The molecule has 1 aromatic heterocycles. The summed E-state index contributed by atoms with van der Waals surface area (Å²) in [6, 6.07) is 2.75. The van der Waals surface area contributed by atoms with Crippen molar-refractivity contribution in [2.24, 2.45) is 0 Å². The lowest BCUT2D eigenvalue weighted by atomic mass is 10.4. The van der Waals surface area contributed by atoms with E-state index in [1.807, 2.05) is 0 Å². The predicted molar refractivity (Wildman–Crippen MR) is 80.0 cm³/mol. The summed E-state index contributed by atoms with van der Waals surface area (Å²) in [4.78, 5) is 11.5. The van der Waals surface area contributed by atoms with E-state index < -0.39 is 14.0 Å². The van der Waals surface area contributed by atoms with Crippen LogP contribution in [0.5, 0.6) is 0 Å². The quantitative estimate of drug-likeness (QED) is 0.431. The van der Waals surface area contributed by atoms with Crippen LogP contribution in [-0.2, 0) is 16.2 Å². The number of carbonyl (C=O) groups excluding carboxylic acids is 1. The molecule has 1 rings (SSSR count). The Morgan fingerprint density at radius 3 is 2.74 bits per heavy atom. The van der Waals surface area contributed by atoms with E-state index in [0.29, 0.717) is 23.6 Å². The first-order valence-corrected chi connectivity index (χ1v) is 10.8. The number of halogens is 1. The van der Waals surface area contributed by atoms with E-state index in [1.165, 1.54) is 0 Å². The van der Waals surface area contributed by atoms with E-state index in [1.54, 1.807) is 17.7 Å². The van der Waals surface area contributed by atoms with E-state index in [2.05, 4.69) is 40.7 Å². The Morgan fingerprint density at radius 1 is 1.47 bits per heavy atom. The van der Waals surface area contributed by atoms with Crippen molar-refractivity contribution in [3.05, 3.63) is 16.4 Å². The van der Waals surface area contributed by atoms with Crippen molar-refractivity contribution in [1.82, 2.24) is 9.78 Å². The zero-order chi connectivity index (χ0) is 14.5. The van der Waals surface area contributed by atoms with Crippen LogP contribution in [0.25, 0.3) is 0 Å². The zero-order valence-corrected chi connectivity index (χ0v) is 14.5. The van der Waals surface area contributed by atoms with Gasteiger partial charge < -0.3 is 9.47 Å². The number of hydrogen-bond acceptors (Lipinski definition) is 4. The molecule has 19 heavy (non-hydrogen) atoms. The summed E-state index contributed by atoms with van der Waals surface area (Å²) < 4.78 is 12.8. The number of carbonyl (C=O) groups is 1. The summed E-state index contributed by atoms with van der Waals surface area (Å²) in [5.74, 6) is -0.413. The molecule has 108 valence electrons. The summed E-state index contributed by atoms with van der Waals surface area (Å²) in [7, 11) is -1.07. The van der Waals surface area contributed by atoms with Gasteiger partial charge in [-0.1, -0.05) is 19.6 Å². The number of aromatic nitrogens is 2. The molecule has 0 aliphatic carbocycles. The minimum Gasteiger partial charge on any atom is -0.461 e. The average molecular weight is 349 g/mol. The highest BCUT2D eigenvalue weighted by Crippen LogP contribution is 2.14. The Balaban J connectivity index is 2.48. The predicted octanol–water partition coefficient (Wildman–Crippen LogP) is 3.13. The smallest absolute Gasteiger partial charge is 0.358 e. The number of esters is 1. The Bertz CT molecular complexity index is 429. The van der Waals surface area contributed by atoms with Crippen molar-refractivity contribution in [2.45, 2.75) is 39.3 Å². The molecule has 0 radical (unpaired) electrons. The largest absolute Gasteiger partial charge is 0.461 e. The van der Waals surface area contributed by atoms with Gasteiger partial charge in [0.2, 0.25) is 0 Å². The lowest BCUT2D eigenvalue weighted by Crippen LogP contribution is -2.22. The molecule has 0 aliphatic rings. The number of nitrogens with zero attached hydrogens (tertiary/aromatic N) is 2. The lowest BCUT2D eigenvalue weighted by molar-refractivity contribution is 0.0510. The van der Waals surface area contributed by atoms with Gasteiger partial charge in [0.05, 0.1) is 6.61 Å². The molecule has 0 amide bonds. The van der Waals surface area contributed by atoms with Crippen molar-refractivity contribution in [2.75, 3.05) is 13.2 Å². The van der Waals surface area contributed by atoms with Crippen LogP contribution < -0.4 is 0 Å². The van der Waals surface area contributed by atoms with E-state index in [4.69, 9.17) is 9.47 Å². The summed E-state index contributed by atoms with van der Waals surface area (Å²) in [6.45, 7) is 10.1. The maximum Gasteiger partial charge on any atom is 0.358 e. The van der Waals surface area contributed by atoms with Gasteiger partial charge in [-0.2, -0.15) is 5.10 Å². The average Bonchev–Trinajstić information content (AvgIpc) is 2.66. The molecule has 0 saturated carbocycles. The van der Waals surface area contributed by atoms with Gasteiger partial charge >= 0.3 is 5.97 Å². The molecule has 1 aromatic rings. The van der Waals surface area contributed by atoms with Gasteiger partial charge in [-0.05, 0) is 28.9 Å². The molecule has 5 nitrogen and oxygen atoms in total. The molecule has 0 fully saturated rings. The number of ether oxygens (including phenoxy) is 2. The van der Waals surface area contributed by atoms with Gasteiger partial charge in [-0.3, -0.25) is 0 Å². The van der Waals surface area contributed by atoms with Crippen molar-refractivity contribution in [1.29, 1.82) is 0 Å². The highest BCUT2D eigenvalue weighted by atomic mass is 79.9. The normalized spacial score (nSPS) is 11.6. The summed E-state index contributed by atoms with van der Waals surface area (Å²) >= 11 is 3.35. The monoisotopic (exact) mass is 348 g/mol. The third kappa shape index (κ3) is 5.88. The molecule has 0 spiro atoms. The first kappa shape index (κ1) is 16.4. The van der Waals surface area contributed by atoms with Crippen molar-refractivity contribution in [3.8, 4) is 0 Å². The van der Waals surface area contributed by atoms with Crippen LogP contribution in [0.3, 0.4) is 0 Å². The fourth-order valence-corrected chi connectivity index (χ4v) is 2.47. The van der Waals surface area contributed by atoms with Crippen LogP contribution in [-0.4, -0.2) is 37.0 Å². The maximum absolute atomic E-state index is 11.5. The minimum atomic E-state index is -1.07. The Labute approximate surface area is 123 Å². The van der Waals surface area contributed by atoms with Crippen molar-refractivity contribution >= 4 is 30.0 Å². The van der Waals surface area contributed by atoms with E-state index in [-0.39, 0.29) is 0 Å². The molecule has 7 heteroatoms. The summed E-state index contributed by atoms with van der Waals surface area (Å²) in [5.41, 5.74) is 0.294. The molecule has 0 aromatic carbocycles. The van der Waals surface area contributed by atoms with Crippen molar-refractivity contribution in [3.63, 3.8) is 0 Å². The van der Waals surface area contributed by atoms with Crippen LogP contribution >= 0.6 is 15.9 Å². The number of rotatable bonds is 7. The minimum absolute atomic E-state index is 0.294. The van der Waals surface area contributed by atoms with Crippen molar-refractivity contribution < 1.29 is 14.3 Å². The fourth-order valence-electron chi connectivity index (χ4n) is 1.32. The molecular formula is C12H21BrN2O3Si. The van der Waals surface area contributed by atoms with E-state index in [0.717, 1.165) is 12.7 Å². The zero-order valence-electron chi connectivity index (χ0n) is 11.9. The topological polar surface area (TPSA) is 53.4 Å². The van der Waals surface area contributed by atoms with Crippen LogP contribution in [0.4, 0.5) is 0 Å². The van der Waals surface area contributed by atoms with Gasteiger partial charge in [0.1, 0.15) is 11.3 Å². The number of hydrogen-bond donors (Lipinski definition) is 0. The first-order chi connectivity index (χ1) is 8.83. The van der Waals surface area contributed by atoms with Crippen LogP contribution in [0, 0.1) is 0 Å². The van der Waals surface area contributed by atoms with Crippen LogP contribution in [0.15, 0.2) is 10.7 Å². The molecule has 0 atom stereocenters. The molecule has 1 heterocycles. The fraction of sp³-hybridized carbons (Fsp3) is 0.667. The lowest BCUT2D eigenvalue weighted by Gasteiger charge is -2.15.